The first-order chi connectivity index (χ1) is 8.33. The van der Waals surface area contributed by atoms with Crippen molar-refractivity contribution in [3.8, 4) is 0 Å². The molecule has 2 saturated heterocycles. The standard InChI is InChI=1S/C10H16N4O3/c15-7-5-8(11-6-7)9-12-10(13-17-9)14-1-3-16-4-2-14/h7-8,11,15H,1-6H2/t7-,8-/m1/s1. The smallest absolute Gasteiger partial charge is 0.266 e. The summed E-state index contributed by atoms with van der Waals surface area (Å²) in [6, 6.07) is -0.0210. The first-order valence-corrected chi connectivity index (χ1v) is 5.90. The number of morpholine rings is 1. The lowest BCUT2D eigenvalue weighted by molar-refractivity contribution is 0.121. The second kappa shape index (κ2) is 4.59. The molecule has 2 aliphatic heterocycles. The molecule has 7 heteroatoms. The molecule has 2 atom stereocenters. The molecule has 0 spiro atoms. The van der Waals surface area contributed by atoms with E-state index in [1.807, 2.05) is 4.90 Å². The number of ether oxygens (including phenoxy) is 1. The van der Waals surface area contributed by atoms with E-state index in [1.54, 1.807) is 0 Å². The number of nitrogens with one attached hydrogen (secondary N) is 1. The average Bonchev–Trinajstić information content (AvgIpc) is 2.98. The average molecular weight is 240 g/mol. The number of aromatic nitrogens is 2. The van der Waals surface area contributed by atoms with Gasteiger partial charge in [-0.05, 0) is 11.6 Å². The summed E-state index contributed by atoms with van der Waals surface area (Å²) in [5.74, 6) is 1.18. The van der Waals surface area contributed by atoms with Crippen LogP contribution in [0.25, 0.3) is 0 Å². The Kier molecular flexibility index (Phi) is 2.96. The van der Waals surface area contributed by atoms with Crippen molar-refractivity contribution in [1.29, 1.82) is 0 Å². The van der Waals surface area contributed by atoms with Gasteiger partial charge in [0, 0.05) is 19.6 Å². The molecule has 2 N–H and O–H groups in total. The monoisotopic (exact) mass is 240 g/mol. The van der Waals surface area contributed by atoms with E-state index in [0.29, 0.717) is 38.0 Å². The number of β-amino-alcohol motifs (C(OH)–C–C–N with tert-alkyl or cyclic N) is 1. The maximum atomic E-state index is 9.44. The van der Waals surface area contributed by atoms with Gasteiger partial charge in [0.1, 0.15) is 0 Å². The van der Waals surface area contributed by atoms with Gasteiger partial charge in [-0.2, -0.15) is 4.98 Å². The Labute approximate surface area is 98.7 Å². The van der Waals surface area contributed by atoms with Gasteiger partial charge in [0.2, 0.25) is 5.89 Å². The minimum absolute atomic E-state index is 0.0210. The molecule has 17 heavy (non-hydrogen) atoms. The Bertz CT molecular complexity index is 358. The van der Waals surface area contributed by atoms with Gasteiger partial charge in [0.25, 0.3) is 5.95 Å². The van der Waals surface area contributed by atoms with Crippen LogP contribution in [0.5, 0.6) is 0 Å². The maximum Gasteiger partial charge on any atom is 0.266 e. The second-order valence-corrected chi connectivity index (χ2v) is 4.38. The van der Waals surface area contributed by atoms with Gasteiger partial charge >= 0.3 is 0 Å². The molecule has 0 unspecified atom stereocenters. The van der Waals surface area contributed by atoms with Crippen molar-refractivity contribution in [2.24, 2.45) is 0 Å². The van der Waals surface area contributed by atoms with E-state index < -0.39 is 0 Å². The third-order valence-corrected chi connectivity index (χ3v) is 3.13. The highest BCUT2D eigenvalue weighted by Gasteiger charge is 2.29. The van der Waals surface area contributed by atoms with Crippen LogP contribution in [0.1, 0.15) is 18.4 Å². The predicted molar refractivity (Wildman–Crippen MR) is 58.7 cm³/mol. The minimum Gasteiger partial charge on any atom is -0.392 e. The van der Waals surface area contributed by atoms with E-state index in [2.05, 4.69) is 15.5 Å². The number of hydrogen-bond donors (Lipinski definition) is 2. The van der Waals surface area contributed by atoms with Crippen LogP contribution in [0.4, 0.5) is 5.95 Å². The first kappa shape index (κ1) is 10.9. The molecule has 1 aromatic rings. The number of rotatable bonds is 2. The molecule has 94 valence electrons. The molecule has 0 bridgehead atoms. The van der Waals surface area contributed by atoms with E-state index in [9.17, 15) is 5.11 Å². The summed E-state index contributed by atoms with van der Waals surface area (Å²) < 4.78 is 10.5. The predicted octanol–water partition coefficient (Wildman–Crippen LogP) is -0.698. The second-order valence-electron chi connectivity index (χ2n) is 4.38. The lowest BCUT2D eigenvalue weighted by Crippen LogP contribution is -2.36. The lowest BCUT2D eigenvalue weighted by atomic mass is 10.2. The van der Waals surface area contributed by atoms with Crippen LogP contribution in [-0.2, 0) is 4.74 Å². The number of aliphatic hydroxyl groups is 1. The number of aliphatic hydroxyl groups excluding tert-OH is 1. The molecule has 0 saturated carbocycles. The van der Waals surface area contributed by atoms with E-state index in [4.69, 9.17) is 9.26 Å². The molecule has 0 aromatic carbocycles. The summed E-state index contributed by atoms with van der Waals surface area (Å²) in [6.45, 7) is 3.56. The molecule has 2 fully saturated rings. The Balaban J connectivity index is 1.69. The summed E-state index contributed by atoms with van der Waals surface area (Å²) >= 11 is 0. The third-order valence-electron chi connectivity index (χ3n) is 3.13. The molecule has 0 aliphatic carbocycles. The normalized spacial score (nSPS) is 29.8. The molecule has 7 nitrogen and oxygen atoms in total. The van der Waals surface area contributed by atoms with Crippen molar-refractivity contribution < 1.29 is 14.4 Å². The van der Waals surface area contributed by atoms with Crippen LogP contribution in [0.3, 0.4) is 0 Å². The van der Waals surface area contributed by atoms with Crippen molar-refractivity contribution >= 4 is 5.95 Å². The molecule has 3 rings (SSSR count). The van der Waals surface area contributed by atoms with Crippen LogP contribution in [0.15, 0.2) is 4.52 Å². The zero-order chi connectivity index (χ0) is 11.7. The van der Waals surface area contributed by atoms with Crippen molar-refractivity contribution in [1.82, 2.24) is 15.5 Å². The topological polar surface area (TPSA) is 83.7 Å². The zero-order valence-electron chi connectivity index (χ0n) is 9.50. The first-order valence-electron chi connectivity index (χ1n) is 5.90. The summed E-state index contributed by atoms with van der Waals surface area (Å²) in [5.41, 5.74) is 0. The largest absolute Gasteiger partial charge is 0.392 e. The lowest BCUT2D eigenvalue weighted by Gasteiger charge is -2.24. The maximum absolute atomic E-state index is 9.44. The molecule has 0 amide bonds. The van der Waals surface area contributed by atoms with Gasteiger partial charge in [-0.1, -0.05) is 0 Å². The molecular formula is C10H16N4O3. The Morgan fingerprint density at radius 2 is 2.18 bits per heavy atom. The fraction of sp³-hybridized carbons (Fsp3) is 0.800. The third kappa shape index (κ3) is 2.26. The van der Waals surface area contributed by atoms with Crippen LogP contribution in [0.2, 0.25) is 0 Å². The SMILES string of the molecule is O[C@H]1CN[C@@H](c2nc(N3CCOCC3)no2)C1. The van der Waals surface area contributed by atoms with Crippen LogP contribution >= 0.6 is 0 Å². The summed E-state index contributed by atoms with van der Waals surface area (Å²) in [5, 5.41) is 16.6. The van der Waals surface area contributed by atoms with E-state index in [1.165, 1.54) is 0 Å². The van der Waals surface area contributed by atoms with Gasteiger partial charge in [-0.15, -0.1) is 0 Å². The van der Waals surface area contributed by atoms with Crippen molar-refractivity contribution in [2.45, 2.75) is 18.6 Å². The highest BCUT2D eigenvalue weighted by atomic mass is 16.5. The zero-order valence-corrected chi connectivity index (χ0v) is 9.50. The van der Waals surface area contributed by atoms with Crippen LogP contribution in [-0.4, -0.2) is 54.2 Å². The molecule has 2 aliphatic rings. The van der Waals surface area contributed by atoms with E-state index in [-0.39, 0.29) is 12.1 Å². The highest BCUT2D eigenvalue weighted by molar-refractivity contribution is 5.28. The van der Waals surface area contributed by atoms with Crippen LogP contribution < -0.4 is 10.2 Å². The van der Waals surface area contributed by atoms with Gasteiger partial charge < -0.3 is 24.6 Å². The number of hydrogen-bond acceptors (Lipinski definition) is 7. The highest BCUT2D eigenvalue weighted by Crippen LogP contribution is 2.23. The van der Waals surface area contributed by atoms with Crippen LogP contribution in [0, 0.1) is 0 Å². The van der Waals surface area contributed by atoms with Gasteiger partial charge in [0.15, 0.2) is 0 Å². The summed E-state index contributed by atoms with van der Waals surface area (Å²) in [6.07, 6.45) is 0.309. The molecule has 3 heterocycles. The Hall–Kier alpha value is -1.18. The van der Waals surface area contributed by atoms with Crippen molar-refractivity contribution in [3.05, 3.63) is 5.89 Å². The Morgan fingerprint density at radius 3 is 2.88 bits per heavy atom. The molecule has 1 aromatic heterocycles. The quantitative estimate of drug-likeness (QED) is 0.707. The summed E-state index contributed by atoms with van der Waals surface area (Å²) in [4.78, 5) is 6.41. The van der Waals surface area contributed by atoms with Gasteiger partial charge in [-0.25, -0.2) is 0 Å². The van der Waals surface area contributed by atoms with Gasteiger partial charge in [-0.3, -0.25) is 0 Å². The summed E-state index contributed by atoms with van der Waals surface area (Å²) in [7, 11) is 0. The number of nitrogens with zero attached hydrogens (tertiary/aromatic N) is 3. The number of anilines is 1. The molecule has 0 radical (unpaired) electrons. The Morgan fingerprint density at radius 1 is 1.35 bits per heavy atom. The van der Waals surface area contributed by atoms with Crippen molar-refractivity contribution in [3.63, 3.8) is 0 Å². The van der Waals surface area contributed by atoms with Crippen molar-refractivity contribution in [2.75, 3.05) is 37.7 Å². The molecular weight excluding hydrogens is 224 g/mol. The van der Waals surface area contributed by atoms with Gasteiger partial charge in [0.05, 0.1) is 25.4 Å². The fourth-order valence-electron chi connectivity index (χ4n) is 2.17. The minimum atomic E-state index is -0.321. The van der Waals surface area contributed by atoms with E-state index in [0.717, 1.165) is 13.1 Å². The fourth-order valence-corrected chi connectivity index (χ4v) is 2.17. The van der Waals surface area contributed by atoms with E-state index >= 15 is 0 Å².